The third-order valence-corrected chi connectivity index (χ3v) is 7.56. The normalized spacial score (nSPS) is 18.4. The van der Waals surface area contributed by atoms with E-state index in [0.29, 0.717) is 46.7 Å². The monoisotopic (exact) mass is 589 g/mol. The quantitative estimate of drug-likeness (QED) is 0.390. The van der Waals surface area contributed by atoms with E-state index in [1.807, 2.05) is 33.0 Å². The molecule has 3 atom stereocenters. The molecule has 0 aliphatic carbocycles. The Bertz CT molecular complexity index is 1320. The molecule has 2 aromatic carbocycles. The molecule has 0 saturated heterocycles. The Labute approximate surface area is 243 Å². The fourth-order valence-electron chi connectivity index (χ4n) is 4.65. The number of aliphatic hydroxyl groups excluding tert-OH is 1. The zero-order valence-electron chi connectivity index (χ0n) is 22.6. The van der Waals surface area contributed by atoms with Crippen molar-refractivity contribution in [1.29, 1.82) is 0 Å². The second-order valence-corrected chi connectivity index (χ2v) is 11.0. The van der Waals surface area contributed by atoms with E-state index in [4.69, 9.17) is 27.9 Å². The maximum Gasteiger partial charge on any atom is 0.246 e. The van der Waals surface area contributed by atoms with Crippen molar-refractivity contribution >= 4 is 40.7 Å². The van der Waals surface area contributed by atoms with Crippen molar-refractivity contribution in [2.24, 2.45) is 5.92 Å². The number of hydrogen-bond acceptors (Lipinski definition) is 8. The number of nitrogens with zero attached hydrogens (tertiary/aromatic N) is 6. The number of anilines is 1. The van der Waals surface area contributed by atoms with E-state index in [-0.39, 0.29) is 49.5 Å². The highest BCUT2D eigenvalue weighted by molar-refractivity contribution is 6.42. The van der Waals surface area contributed by atoms with Crippen molar-refractivity contribution in [1.82, 2.24) is 30.0 Å². The second kappa shape index (κ2) is 13.4. The Hall–Kier alpha value is -3.25. The lowest BCUT2D eigenvalue weighted by Gasteiger charge is -2.34. The van der Waals surface area contributed by atoms with Gasteiger partial charge >= 0.3 is 0 Å². The van der Waals surface area contributed by atoms with E-state index in [2.05, 4.69) is 25.7 Å². The van der Waals surface area contributed by atoms with Crippen LogP contribution in [0.25, 0.3) is 0 Å². The number of hydrogen-bond donors (Lipinski definition) is 2. The fraction of sp³-hybridized carbons (Fsp3) is 0.444. The summed E-state index contributed by atoms with van der Waals surface area (Å²) < 4.78 is 7.88. The summed E-state index contributed by atoms with van der Waals surface area (Å²) in [5, 5.41) is 24.5. The number of tetrazole rings is 1. The first-order valence-electron chi connectivity index (χ1n) is 13.0. The average molecular weight is 591 g/mol. The SMILES string of the molecule is C[C@@H]1CN([C@@H](C)CO)C(=O)Cc2cc(NC(=O)Cn3cnnn3)ccc2O[C@@H]1CN(C)Cc1ccc(Cl)c(Cl)c1. The number of halogens is 2. The number of likely N-dealkylation sites (N-methyl/N-ethyl adjacent to an activating group) is 1. The first-order valence-corrected chi connectivity index (χ1v) is 13.7. The minimum atomic E-state index is -0.356. The molecule has 0 bridgehead atoms. The van der Waals surface area contributed by atoms with Crippen LogP contribution in [0.2, 0.25) is 10.0 Å². The van der Waals surface area contributed by atoms with Gasteiger partial charge in [0.05, 0.1) is 29.1 Å². The van der Waals surface area contributed by atoms with Crippen LogP contribution >= 0.6 is 23.2 Å². The molecule has 214 valence electrons. The third-order valence-electron chi connectivity index (χ3n) is 6.83. The van der Waals surface area contributed by atoms with Gasteiger partial charge in [-0.15, -0.1) is 5.10 Å². The Kier molecular flexibility index (Phi) is 9.96. The van der Waals surface area contributed by atoms with Crippen LogP contribution in [0.5, 0.6) is 5.75 Å². The largest absolute Gasteiger partial charge is 0.488 e. The van der Waals surface area contributed by atoms with E-state index in [9.17, 15) is 14.7 Å². The van der Waals surface area contributed by atoms with Crippen LogP contribution in [0.4, 0.5) is 5.69 Å². The second-order valence-electron chi connectivity index (χ2n) is 10.2. The van der Waals surface area contributed by atoms with Crippen LogP contribution in [0.3, 0.4) is 0 Å². The first-order chi connectivity index (χ1) is 19.1. The smallest absolute Gasteiger partial charge is 0.246 e. The van der Waals surface area contributed by atoms with Gasteiger partial charge in [-0.3, -0.25) is 14.5 Å². The number of carbonyl (C=O) groups excluding carboxylic acids is 2. The van der Waals surface area contributed by atoms with Gasteiger partial charge in [-0.1, -0.05) is 36.2 Å². The summed E-state index contributed by atoms with van der Waals surface area (Å²) in [7, 11) is 1.99. The molecule has 2 heterocycles. The minimum absolute atomic E-state index is 0.0455. The number of nitrogens with one attached hydrogen (secondary N) is 1. The number of aromatic nitrogens is 4. The van der Waals surface area contributed by atoms with Gasteiger partial charge in [-0.2, -0.15) is 0 Å². The number of amides is 2. The van der Waals surface area contributed by atoms with Crippen molar-refractivity contribution in [2.75, 3.05) is 32.1 Å². The lowest BCUT2D eigenvalue weighted by Crippen LogP contribution is -2.47. The average Bonchev–Trinajstić information content (AvgIpc) is 3.43. The molecule has 2 amide bonds. The summed E-state index contributed by atoms with van der Waals surface area (Å²) in [6, 6.07) is 10.5. The summed E-state index contributed by atoms with van der Waals surface area (Å²) in [5.41, 5.74) is 2.18. The van der Waals surface area contributed by atoms with E-state index >= 15 is 0 Å². The molecule has 1 aromatic heterocycles. The molecule has 0 spiro atoms. The van der Waals surface area contributed by atoms with E-state index in [0.717, 1.165) is 5.56 Å². The third kappa shape index (κ3) is 7.69. The molecule has 0 unspecified atom stereocenters. The molecule has 0 fully saturated rings. The van der Waals surface area contributed by atoms with Gasteiger partial charge in [-0.25, -0.2) is 4.68 Å². The van der Waals surface area contributed by atoms with Gasteiger partial charge in [0, 0.05) is 36.8 Å². The van der Waals surface area contributed by atoms with E-state index in [1.54, 1.807) is 29.2 Å². The Morgan fingerprint density at radius 3 is 2.75 bits per heavy atom. The van der Waals surface area contributed by atoms with Crippen LogP contribution in [0, 0.1) is 5.92 Å². The number of ether oxygens (including phenoxy) is 1. The number of aliphatic hydroxyl groups is 1. The highest BCUT2D eigenvalue weighted by Crippen LogP contribution is 2.30. The number of fused-ring (bicyclic) bond motifs is 1. The zero-order chi connectivity index (χ0) is 28.8. The Morgan fingerprint density at radius 1 is 1.25 bits per heavy atom. The summed E-state index contributed by atoms with van der Waals surface area (Å²) in [4.78, 5) is 29.7. The Balaban J connectivity index is 1.56. The van der Waals surface area contributed by atoms with Gasteiger partial charge in [0.25, 0.3) is 0 Å². The fourth-order valence-corrected chi connectivity index (χ4v) is 4.97. The summed E-state index contributed by atoms with van der Waals surface area (Å²) >= 11 is 12.3. The standard InChI is InChI=1S/C27H33Cl2N7O4/c1-17-11-36(18(2)15-37)27(39)10-20-9-21(31-26(38)14-35-16-30-32-33-35)5-7-24(20)40-25(17)13-34(3)12-19-4-6-22(28)23(29)8-19/h4-9,16-18,25,37H,10-15H2,1-3H3,(H,31,38)/t17-,18+,25-/m1/s1. The van der Waals surface area contributed by atoms with Crippen molar-refractivity contribution in [3.8, 4) is 5.75 Å². The van der Waals surface area contributed by atoms with Crippen molar-refractivity contribution in [2.45, 2.75) is 45.5 Å². The summed E-state index contributed by atoms with van der Waals surface area (Å²) in [6.07, 6.45) is 1.15. The molecule has 1 aliphatic heterocycles. The minimum Gasteiger partial charge on any atom is -0.488 e. The first kappa shape index (κ1) is 29.7. The maximum absolute atomic E-state index is 13.4. The van der Waals surface area contributed by atoms with Crippen LogP contribution in [0.1, 0.15) is 25.0 Å². The molecular formula is C27H33Cl2N7O4. The molecule has 0 radical (unpaired) electrons. The predicted octanol–water partition coefficient (Wildman–Crippen LogP) is 2.90. The molecule has 2 N–H and O–H groups in total. The molecule has 0 saturated carbocycles. The van der Waals surface area contributed by atoms with Gasteiger partial charge in [0.1, 0.15) is 24.7 Å². The van der Waals surface area contributed by atoms with Gasteiger partial charge < -0.3 is 20.1 Å². The van der Waals surface area contributed by atoms with Crippen molar-refractivity contribution in [3.05, 3.63) is 63.9 Å². The summed E-state index contributed by atoms with van der Waals surface area (Å²) in [6.45, 7) is 5.29. The predicted molar refractivity (Wildman–Crippen MR) is 151 cm³/mol. The lowest BCUT2D eigenvalue weighted by atomic mass is 10.0. The molecule has 40 heavy (non-hydrogen) atoms. The lowest BCUT2D eigenvalue weighted by molar-refractivity contribution is -0.134. The van der Waals surface area contributed by atoms with Crippen molar-refractivity contribution in [3.63, 3.8) is 0 Å². The van der Waals surface area contributed by atoms with Crippen LogP contribution in [0.15, 0.2) is 42.7 Å². The molecule has 11 nitrogen and oxygen atoms in total. The molecule has 13 heteroatoms. The van der Waals surface area contributed by atoms with Gasteiger partial charge in [0.2, 0.25) is 11.8 Å². The number of rotatable bonds is 9. The molecular weight excluding hydrogens is 557 g/mol. The highest BCUT2D eigenvalue weighted by atomic mass is 35.5. The van der Waals surface area contributed by atoms with Crippen LogP contribution < -0.4 is 10.1 Å². The Morgan fingerprint density at radius 2 is 2.05 bits per heavy atom. The number of carbonyl (C=O) groups is 2. The van der Waals surface area contributed by atoms with E-state index < -0.39 is 0 Å². The molecule has 1 aliphatic rings. The van der Waals surface area contributed by atoms with Crippen LogP contribution in [-0.2, 0) is 29.1 Å². The zero-order valence-corrected chi connectivity index (χ0v) is 24.1. The molecule has 4 rings (SSSR count). The topological polar surface area (TPSA) is 126 Å². The molecule has 3 aromatic rings. The summed E-state index contributed by atoms with van der Waals surface area (Å²) in [5.74, 6) is 0.0923. The number of benzene rings is 2. The highest BCUT2D eigenvalue weighted by Gasteiger charge is 2.31. The maximum atomic E-state index is 13.4. The van der Waals surface area contributed by atoms with Gasteiger partial charge in [0.15, 0.2) is 0 Å². The van der Waals surface area contributed by atoms with Crippen molar-refractivity contribution < 1.29 is 19.4 Å². The van der Waals surface area contributed by atoms with E-state index in [1.165, 1.54) is 11.0 Å². The van der Waals surface area contributed by atoms with Crippen LogP contribution in [-0.4, -0.2) is 85.8 Å². The van der Waals surface area contributed by atoms with Gasteiger partial charge in [-0.05, 0) is 60.3 Å².